The maximum Gasteiger partial charge on any atom is 0.240 e. The van der Waals surface area contributed by atoms with E-state index < -0.39 is 0 Å². The molecule has 1 N–H and O–H groups in total. The molecular formula is C12H22N2OS2. The summed E-state index contributed by atoms with van der Waals surface area (Å²) < 4.78 is 0. The topological polar surface area (TPSA) is 32.3 Å². The van der Waals surface area contributed by atoms with Crippen LogP contribution in [0.4, 0.5) is 0 Å². The molecule has 1 amide bonds. The average Bonchev–Trinajstić information content (AvgIpc) is 2.54. The molecule has 0 spiro atoms. The largest absolute Gasteiger partial charge is 0.340 e. The van der Waals surface area contributed by atoms with Gasteiger partial charge in [0.05, 0.1) is 6.04 Å². The van der Waals surface area contributed by atoms with Crippen molar-refractivity contribution < 1.29 is 4.79 Å². The molecule has 2 saturated heterocycles. The maximum absolute atomic E-state index is 12.3. The van der Waals surface area contributed by atoms with Gasteiger partial charge in [-0.2, -0.15) is 23.5 Å². The van der Waals surface area contributed by atoms with E-state index in [0.717, 1.165) is 30.5 Å². The summed E-state index contributed by atoms with van der Waals surface area (Å²) in [4.78, 5) is 14.4. The van der Waals surface area contributed by atoms with Gasteiger partial charge in [0.2, 0.25) is 5.91 Å². The zero-order valence-corrected chi connectivity index (χ0v) is 12.1. The van der Waals surface area contributed by atoms with Crippen LogP contribution in [0.2, 0.25) is 0 Å². The molecule has 2 heterocycles. The van der Waals surface area contributed by atoms with Crippen LogP contribution in [0.5, 0.6) is 0 Å². The fourth-order valence-corrected chi connectivity index (χ4v) is 4.63. The number of hydrogen-bond acceptors (Lipinski definition) is 4. The summed E-state index contributed by atoms with van der Waals surface area (Å²) in [5.41, 5.74) is 0. The van der Waals surface area contributed by atoms with Gasteiger partial charge in [0.15, 0.2) is 0 Å². The van der Waals surface area contributed by atoms with Crippen molar-refractivity contribution in [2.45, 2.75) is 18.9 Å². The maximum atomic E-state index is 12.3. The highest BCUT2D eigenvalue weighted by molar-refractivity contribution is 7.99. The van der Waals surface area contributed by atoms with Gasteiger partial charge in [-0.15, -0.1) is 0 Å². The van der Waals surface area contributed by atoms with Gasteiger partial charge >= 0.3 is 0 Å². The quantitative estimate of drug-likeness (QED) is 0.841. The first-order valence-electron chi connectivity index (χ1n) is 6.43. The molecule has 0 saturated carbocycles. The van der Waals surface area contributed by atoms with E-state index in [4.69, 9.17) is 0 Å². The normalized spacial score (nSPS) is 31.4. The number of rotatable bonds is 3. The minimum atomic E-state index is 0.0266. The number of amides is 1. The first-order chi connectivity index (χ1) is 8.31. The van der Waals surface area contributed by atoms with E-state index in [9.17, 15) is 4.79 Å². The van der Waals surface area contributed by atoms with Crippen LogP contribution < -0.4 is 5.32 Å². The second kappa shape index (κ2) is 6.90. The number of likely N-dealkylation sites (N-methyl/N-ethyl adjacent to an activating group) is 1. The highest BCUT2D eigenvalue weighted by Crippen LogP contribution is 2.24. The summed E-state index contributed by atoms with van der Waals surface area (Å²) in [5, 5.41) is 3.14. The lowest BCUT2D eigenvalue weighted by Gasteiger charge is -2.30. The number of nitrogens with one attached hydrogen (secondary N) is 1. The van der Waals surface area contributed by atoms with Gasteiger partial charge in [-0.1, -0.05) is 0 Å². The Morgan fingerprint density at radius 3 is 2.88 bits per heavy atom. The summed E-state index contributed by atoms with van der Waals surface area (Å²) in [5.74, 6) is 5.58. The van der Waals surface area contributed by atoms with Crippen molar-refractivity contribution >= 4 is 29.4 Å². The lowest BCUT2D eigenvalue weighted by molar-refractivity contribution is -0.132. The zero-order valence-electron chi connectivity index (χ0n) is 10.5. The first kappa shape index (κ1) is 13.6. The lowest BCUT2D eigenvalue weighted by atomic mass is 10.0. The van der Waals surface area contributed by atoms with E-state index in [1.54, 1.807) is 0 Å². The standard InChI is InChI=1S/C12H22N2OS2/c1-13-11-9-17-6-4-14(12(11)15)7-10-3-2-5-16-8-10/h10-11,13H,2-9H2,1H3. The van der Waals surface area contributed by atoms with Crippen LogP contribution in [0, 0.1) is 5.92 Å². The van der Waals surface area contributed by atoms with Crippen LogP contribution in [0.15, 0.2) is 0 Å². The number of thioether (sulfide) groups is 2. The molecule has 0 aliphatic carbocycles. The molecule has 2 aliphatic rings. The Bertz CT molecular complexity index is 257. The molecule has 2 unspecified atom stereocenters. The van der Waals surface area contributed by atoms with E-state index in [-0.39, 0.29) is 6.04 Å². The predicted octanol–water partition coefficient (Wildman–Crippen LogP) is 1.29. The van der Waals surface area contributed by atoms with Gasteiger partial charge in [0.1, 0.15) is 0 Å². The van der Waals surface area contributed by atoms with Gasteiger partial charge in [0.25, 0.3) is 0 Å². The first-order valence-corrected chi connectivity index (χ1v) is 8.73. The molecule has 3 nitrogen and oxygen atoms in total. The van der Waals surface area contributed by atoms with Gasteiger partial charge in [-0.3, -0.25) is 4.79 Å². The Kier molecular flexibility index (Phi) is 5.50. The van der Waals surface area contributed by atoms with Crippen LogP contribution in [0.1, 0.15) is 12.8 Å². The fraction of sp³-hybridized carbons (Fsp3) is 0.917. The van der Waals surface area contributed by atoms with Crippen molar-refractivity contribution in [2.24, 2.45) is 5.92 Å². The second-order valence-electron chi connectivity index (χ2n) is 4.78. The third-order valence-corrected chi connectivity index (χ3v) is 5.81. The van der Waals surface area contributed by atoms with Gasteiger partial charge in [-0.25, -0.2) is 0 Å². The number of carbonyl (C=O) groups excluding carboxylic acids is 1. The van der Waals surface area contributed by atoms with E-state index in [0.29, 0.717) is 5.91 Å². The van der Waals surface area contributed by atoms with Crippen LogP contribution in [-0.4, -0.2) is 60.0 Å². The number of nitrogens with zero attached hydrogens (tertiary/aromatic N) is 1. The zero-order chi connectivity index (χ0) is 12.1. The minimum Gasteiger partial charge on any atom is -0.340 e. The smallest absolute Gasteiger partial charge is 0.240 e. The van der Waals surface area contributed by atoms with E-state index >= 15 is 0 Å². The van der Waals surface area contributed by atoms with Crippen molar-refractivity contribution in [1.29, 1.82) is 0 Å². The molecule has 2 fully saturated rings. The third-order valence-electron chi connectivity index (χ3n) is 3.48. The van der Waals surface area contributed by atoms with Gasteiger partial charge in [-0.05, 0) is 37.3 Å². The Balaban J connectivity index is 1.90. The van der Waals surface area contributed by atoms with Gasteiger partial charge in [0, 0.05) is 24.6 Å². The van der Waals surface area contributed by atoms with Crippen LogP contribution >= 0.6 is 23.5 Å². The second-order valence-corrected chi connectivity index (χ2v) is 7.08. The SMILES string of the molecule is CNC1CSCCN(CC2CCCSC2)C1=O. The molecule has 0 radical (unpaired) electrons. The summed E-state index contributed by atoms with van der Waals surface area (Å²) in [6.07, 6.45) is 2.62. The predicted molar refractivity (Wildman–Crippen MR) is 76.8 cm³/mol. The molecule has 0 aromatic carbocycles. The lowest BCUT2D eigenvalue weighted by Crippen LogP contribution is -2.47. The average molecular weight is 274 g/mol. The van der Waals surface area contributed by atoms with Crippen LogP contribution in [0.25, 0.3) is 0 Å². The van der Waals surface area contributed by atoms with Crippen LogP contribution in [-0.2, 0) is 4.79 Å². The van der Waals surface area contributed by atoms with Crippen LogP contribution in [0.3, 0.4) is 0 Å². The monoisotopic (exact) mass is 274 g/mol. The number of hydrogen-bond donors (Lipinski definition) is 1. The molecule has 2 atom stereocenters. The molecule has 98 valence electrons. The van der Waals surface area contributed by atoms with Gasteiger partial charge < -0.3 is 10.2 Å². The Morgan fingerprint density at radius 2 is 2.18 bits per heavy atom. The molecule has 17 heavy (non-hydrogen) atoms. The summed E-state index contributed by atoms with van der Waals surface area (Å²) in [6, 6.07) is 0.0266. The third kappa shape index (κ3) is 3.80. The van der Waals surface area contributed by atoms with E-state index in [1.807, 2.05) is 30.6 Å². The summed E-state index contributed by atoms with van der Waals surface area (Å²) >= 11 is 3.93. The molecule has 0 aromatic heterocycles. The Labute approximate surface area is 112 Å². The molecule has 2 rings (SSSR count). The van der Waals surface area contributed by atoms with E-state index in [1.165, 1.54) is 24.3 Å². The highest BCUT2D eigenvalue weighted by Gasteiger charge is 2.28. The van der Waals surface area contributed by atoms with Crippen molar-refractivity contribution in [2.75, 3.05) is 43.1 Å². The highest BCUT2D eigenvalue weighted by atomic mass is 32.2. The molecule has 0 aromatic rings. The van der Waals surface area contributed by atoms with Crippen molar-refractivity contribution in [1.82, 2.24) is 10.2 Å². The molecule has 0 bridgehead atoms. The Morgan fingerprint density at radius 1 is 1.35 bits per heavy atom. The molecule has 5 heteroatoms. The Hall–Kier alpha value is 0.130. The van der Waals surface area contributed by atoms with Crippen molar-refractivity contribution in [3.8, 4) is 0 Å². The summed E-state index contributed by atoms with van der Waals surface area (Å²) in [7, 11) is 1.89. The minimum absolute atomic E-state index is 0.0266. The van der Waals surface area contributed by atoms with E-state index in [2.05, 4.69) is 10.2 Å². The number of carbonyl (C=O) groups is 1. The van der Waals surface area contributed by atoms with Crippen molar-refractivity contribution in [3.63, 3.8) is 0 Å². The fourth-order valence-electron chi connectivity index (χ4n) is 2.43. The summed E-state index contributed by atoms with van der Waals surface area (Å²) in [6.45, 7) is 1.91. The van der Waals surface area contributed by atoms with Crippen molar-refractivity contribution in [3.05, 3.63) is 0 Å². The molecule has 2 aliphatic heterocycles. The molecular weight excluding hydrogens is 252 g/mol.